The molecule has 5 aromatic rings. The number of nitrogens with zero attached hydrogens (tertiary/aromatic N) is 4. The summed E-state index contributed by atoms with van der Waals surface area (Å²) in [5, 5.41) is 4.70. The second kappa shape index (κ2) is 14.4. The van der Waals surface area contributed by atoms with E-state index in [4.69, 9.17) is 9.97 Å². The maximum atomic E-state index is 5.72. The molecule has 4 heteroatoms. The van der Waals surface area contributed by atoms with Gasteiger partial charge in [0.1, 0.15) is 0 Å². The average molecular weight is 835 g/mol. The average Bonchev–Trinajstić information content (AvgIpc) is 3.73. The Balaban J connectivity index is 0.986. The molecule has 8 atom stereocenters. The van der Waals surface area contributed by atoms with Crippen molar-refractivity contribution >= 4 is 45.8 Å². The highest BCUT2D eigenvalue weighted by molar-refractivity contribution is 6.03. The molecule has 0 amide bonds. The minimum atomic E-state index is -0.373. The molecule has 7 aliphatic rings. The van der Waals surface area contributed by atoms with Gasteiger partial charge in [0.2, 0.25) is 5.95 Å². The Kier molecular flexibility index (Phi) is 8.84. The van der Waals surface area contributed by atoms with Crippen molar-refractivity contribution in [3.05, 3.63) is 190 Å². The van der Waals surface area contributed by atoms with E-state index in [1.165, 1.54) is 61.2 Å². The van der Waals surface area contributed by atoms with Crippen molar-refractivity contribution in [3.63, 3.8) is 0 Å². The lowest BCUT2D eigenvalue weighted by molar-refractivity contribution is 0.346. The predicted octanol–water partition coefficient (Wildman–Crippen LogP) is 13.0. The van der Waals surface area contributed by atoms with E-state index in [0.29, 0.717) is 23.7 Å². The maximum Gasteiger partial charge on any atom is 0.231 e. The molecule has 2 aliphatic heterocycles. The summed E-state index contributed by atoms with van der Waals surface area (Å²) in [4.78, 5) is 16.4. The molecule has 318 valence electrons. The smallest absolute Gasteiger partial charge is 0.231 e. The maximum absolute atomic E-state index is 5.72. The van der Waals surface area contributed by atoms with Crippen molar-refractivity contribution in [2.45, 2.75) is 89.6 Å². The summed E-state index contributed by atoms with van der Waals surface area (Å²) >= 11 is 0. The van der Waals surface area contributed by atoms with Crippen LogP contribution in [0.15, 0.2) is 163 Å². The van der Waals surface area contributed by atoms with E-state index in [1.807, 2.05) is 0 Å². The van der Waals surface area contributed by atoms with Gasteiger partial charge in [-0.3, -0.25) is 0 Å². The van der Waals surface area contributed by atoms with Gasteiger partial charge in [-0.25, -0.2) is 9.97 Å². The third-order valence-electron chi connectivity index (χ3n) is 16.2. The zero-order valence-corrected chi connectivity index (χ0v) is 38.1. The van der Waals surface area contributed by atoms with Crippen LogP contribution in [0.5, 0.6) is 0 Å². The van der Waals surface area contributed by atoms with E-state index in [-0.39, 0.29) is 22.4 Å². The van der Waals surface area contributed by atoms with Crippen LogP contribution in [0.25, 0.3) is 39.8 Å². The van der Waals surface area contributed by atoms with E-state index in [1.54, 1.807) is 0 Å². The zero-order chi connectivity index (χ0) is 43.5. The van der Waals surface area contributed by atoms with Crippen LogP contribution < -0.4 is 20.4 Å². The molecule has 4 nitrogen and oxygen atoms in total. The first kappa shape index (κ1) is 39.3. The minimum absolute atomic E-state index is 0.121. The third kappa shape index (κ3) is 5.73. The van der Waals surface area contributed by atoms with E-state index in [2.05, 4.69) is 215 Å². The predicted molar refractivity (Wildman–Crippen MR) is 268 cm³/mol. The van der Waals surface area contributed by atoms with Crippen LogP contribution >= 0.6 is 0 Å². The molecular weight excluding hydrogens is 777 g/mol. The molecular formula is C60H58N4. The number of hydrogen-bond acceptors (Lipinski definition) is 4. The van der Waals surface area contributed by atoms with Gasteiger partial charge >= 0.3 is 0 Å². The van der Waals surface area contributed by atoms with Crippen LogP contribution in [-0.4, -0.2) is 21.0 Å². The summed E-state index contributed by atoms with van der Waals surface area (Å²) in [6, 6.07) is 32.1. The zero-order valence-electron chi connectivity index (χ0n) is 38.1. The quantitative estimate of drug-likeness (QED) is 0.165. The molecule has 64 heavy (non-hydrogen) atoms. The fourth-order valence-corrected chi connectivity index (χ4v) is 13.0. The summed E-state index contributed by atoms with van der Waals surface area (Å²) < 4.78 is 0. The van der Waals surface area contributed by atoms with Gasteiger partial charge in [0, 0.05) is 45.1 Å². The van der Waals surface area contributed by atoms with Crippen molar-refractivity contribution in [1.29, 1.82) is 0 Å². The lowest BCUT2D eigenvalue weighted by Gasteiger charge is -2.43. The number of fused-ring (bicyclic) bond motifs is 7. The highest BCUT2D eigenvalue weighted by Crippen LogP contribution is 2.59. The monoisotopic (exact) mass is 834 g/mol. The van der Waals surface area contributed by atoms with Gasteiger partial charge in [0.25, 0.3) is 0 Å². The lowest BCUT2D eigenvalue weighted by Crippen LogP contribution is -2.47. The van der Waals surface area contributed by atoms with Crippen LogP contribution in [0.1, 0.15) is 89.8 Å². The number of hydrogen-bond donors (Lipinski definition) is 0. The number of para-hydroxylation sites is 1. The minimum Gasteiger partial charge on any atom is -0.331 e. The second-order valence-electron chi connectivity index (χ2n) is 20.5. The highest BCUT2D eigenvalue weighted by atomic mass is 15.3. The van der Waals surface area contributed by atoms with Crippen molar-refractivity contribution in [2.24, 2.45) is 23.7 Å². The van der Waals surface area contributed by atoms with Gasteiger partial charge in [-0.15, -0.1) is 0 Å². The van der Waals surface area contributed by atoms with Crippen LogP contribution in [-0.2, 0) is 5.41 Å². The van der Waals surface area contributed by atoms with Crippen molar-refractivity contribution in [2.75, 3.05) is 9.80 Å². The fraction of sp³-hybridized carbons (Fsp3) is 0.300. The van der Waals surface area contributed by atoms with E-state index in [0.717, 1.165) is 47.9 Å². The molecule has 4 aromatic carbocycles. The molecule has 1 aromatic heterocycles. The summed E-state index contributed by atoms with van der Waals surface area (Å²) in [5.74, 6) is 2.81. The Morgan fingerprint density at radius 2 is 1.50 bits per heavy atom. The molecule has 5 aliphatic carbocycles. The molecule has 0 saturated carbocycles. The number of rotatable bonds is 5. The van der Waals surface area contributed by atoms with Crippen LogP contribution in [0, 0.1) is 23.7 Å². The molecule has 0 fully saturated rings. The van der Waals surface area contributed by atoms with Gasteiger partial charge in [0.15, 0.2) is 0 Å². The second-order valence-corrected chi connectivity index (χ2v) is 20.5. The molecule has 0 bridgehead atoms. The topological polar surface area (TPSA) is 32.3 Å². The molecule has 12 rings (SSSR count). The van der Waals surface area contributed by atoms with Crippen LogP contribution in [0.3, 0.4) is 0 Å². The number of anilines is 3. The number of benzene rings is 4. The molecule has 6 unspecified atom stereocenters. The van der Waals surface area contributed by atoms with Gasteiger partial charge in [-0.05, 0) is 120 Å². The molecule has 0 saturated heterocycles. The standard InChI is InChI=1S/C60H58N4/c1-38-25-27-48-52(35-38)61-57(62-56(48)47-30-29-46(43-21-11-10-17-39(43)2)44-22-12-13-23-45(44)47)64-53-31-34-58(4,37-50(53)51-24-14-15-32-59(51,64)5)41-26-28-49-54(36-41)63(42-19-8-7-9-20-42)60(6)33-16-18-40(3)55(49)60/h7-16,19-24,26-36,38-40,51,55H,17-18,25,37H2,1-6H3/t38?,39-,40?,51?,55?,58?,59?,60-/m1/s1. The van der Waals surface area contributed by atoms with E-state index >= 15 is 0 Å². The van der Waals surface area contributed by atoms with Crippen molar-refractivity contribution in [1.82, 2.24) is 9.97 Å². The summed E-state index contributed by atoms with van der Waals surface area (Å²) in [6.07, 6.45) is 34.7. The molecule has 3 heterocycles. The Bertz CT molecular complexity index is 3140. The summed E-state index contributed by atoms with van der Waals surface area (Å²) in [7, 11) is 0. The van der Waals surface area contributed by atoms with Gasteiger partial charge in [-0.2, -0.15) is 0 Å². The van der Waals surface area contributed by atoms with Gasteiger partial charge < -0.3 is 9.80 Å². The van der Waals surface area contributed by atoms with Gasteiger partial charge in [-0.1, -0.05) is 167 Å². The molecule has 0 radical (unpaired) electrons. The Morgan fingerprint density at radius 3 is 2.33 bits per heavy atom. The summed E-state index contributed by atoms with van der Waals surface area (Å²) in [5.41, 5.74) is 12.3. The van der Waals surface area contributed by atoms with Crippen molar-refractivity contribution in [3.8, 4) is 11.3 Å². The first-order valence-corrected chi connectivity index (χ1v) is 23.8. The van der Waals surface area contributed by atoms with Crippen molar-refractivity contribution < 1.29 is 0 Å². The number of aromatic nitrogens is 2. The first-order chi connectivity index (χ1) is 31.1. The van der Waals surface area contributed by atoms with Crippen LogP contribution in [0.2, 0.25) is 0 Å². The molecule has 0 spiro atoms. The van der Waals surface area contributed by atoms with E-state index in [9.17, 15) is 0 Å². The largest absolute Gasteiger partial charge is 0.331 e. The third-order valence-corrected chi connectivity index (χ3v) is 16.2. The Hall–Kier alpha value is -6.26. The van der Waals surface area contributed by atoms with E-state index < -0.39 is 0 Å². The fourth-order valence-electron chi connectivity index (χ4n) is 13.0. The number of allylic oxidation sites excluding steroid dienone is 9. The SMILES string of the molecule is CC1C=c2nc(N3C4=C(CC(C)(c5ccc6c(c5)N(c5ccccc5)[C@]5(C)C=CCC(C)C65)C=C4)C4C=CC=CC43C)nc(-c3ccc(C4=CC=CC[C@H]4C)c4ccccc34)c2=CC1. The van der Waals surface area contributed by atoms with Gasteiger partial charge in [0.05, 0.1) is 22.1 Å². The Morgan fingerprint density at radius 1 is 0.703 bits per heavy atom. The summed E-state index contributed by atoms with van der Waals surface area (Å²) in [6.45, 7) is 14.4. The first-order valence-electron chi connectivity index (χ1n) is 23.8. The van der Waals surface area contributed by atoms with Crippen LogP contribution in [0.4, 0.5) is 17.3 Å². The normalized spacial score (nSPS) is 30.7. The highest BCUT2D eigenvalue weighted by Gasteiger charge is 2.53. The Labute approximate surface area is 378 Å². The lowest BCUT2D eigenvalue weighted by atomic mass is 9.68. The molecule has 0 N–H and O–H groups in total.